The van der Waals surface area contributed by atoms with Gasteiger partial charge in [-0.3, -0.25) is 9.88 Å². The van der Waals surface area contributed by atoms with Crippen molar-refractivity contribution >= 4 is 22.8 Å². The first-order valence-corrected chi connectivity index (χ1v) is 11.3. The fourth-order valence-electron chi connectivity index (χ4n) is 4.10. The minimum Gasteiger partial charge on any atom is -0.486 e. The summed E-state index contributed by atoms with van der Waals surface area (Å²) in [5.41, 5.74) is 1.94. The molecular weight excluding hydrogens is 459 g/mol. The molecule has 35 heavy (non-hydrogen) atoms. The van der Waals surface area contributed by atoms with E-state index in [2.05, 4.69) is 15.3 Å². The van der Waals surface area contributed by atoms with Crippen molar-refractivity contribution in [2.75, 3.05) is 38.3 Å². The van der Waals surface area contributed by atoms with Gasteiger partial charge in [-0.2, -0.15) is 0 Å². The van der Waals surface area contributed by atoms with Crippen LogP contribution in [-0.4, -0.2) is 66.8 Å². The fourth-order valence-corrected chi connectivity index (χ4v) is 4.10. The topological polar surface area (TPSA) is 115 Å². The SMILES string of the molecule is COc1ccc2ncc(F)c(CNCC[C@H](O)C3CN(c4ccc5c(c4)OCCO5)C(=O)O3)c2n1. The van der Waals surface area contributed by atoms with Crippen LogP contribution in [0.2, 0.25) is 0 Å². The molecule has 1 saturated heterocycles. The molecular formula is C24H25FN4O6. The number of aliphatic hydroxyl groups excluding tert-OH is 1. The Bertz CT molecular complexity index is 1240. The van der Waals surface area contributed by atoms with Gasteiger partial charge in [0.2, 0.25) is 5.88 Å². The first-order valence-electron chi connectivity index (χ1n) is 11.3. The molecule has 1 amide bonds. The summed E-state index contributed by atoms with van der Waals surface area (Å²) >= 11 is 0. The third kappa shape index (κ3) is 4.77. The summed E-state index contributed by atoms with van der Waals surface area (Å²) in [5.74, 6) is 1.08. The Balaban J connectivity index is 1.17. The number of hydrogen-bond donors (Lipinski definition) is 2. The Kier molecular flexibility index (Phi) is 6.51. The Hall–Kier alpha value is -3.70. The number of hydrogen-bond acceptors (Lipinski definition) is 9. The second kappa shape index (κ2) is 9.88. The zero-order valence-electron chi connectivity index (χ0n) is 19.1. The van der Waals surface area contributed by atoms with Crippen LogP contribution >= 0.6 is 0 Å². The van der Waals surface area contributed by atoms with E-state index in [0.29, 0.717) is 65.8 Å². The highest BCUT2D eigenvalue weighted by Crippen LogP contribution is 2.35. The van der Waals surface area contributed by atoms with E-state index in [1.54, 1.807) is 30.3 Å². The third-order valence-corrected chi connectivity index (χ3v) is 5.97. The molecule has 2 aromatic heterocycles. The van der Waals surface area contributed by atoms with Crippen molar-refractivity contribution in [3.63, 3.8) is 0 Å². The number of benzene rings is 1. The molecule has 0 aliphatic carbocycles. The molecule has 3 aromatic rings. The van der Waals surface area contributed by atoms with Gasteiger partial charge in [0, 0.05) is 24.2 Å². The number of pyridine rings is 2. The number of ether oxygens (including phenoxy) is 4. The van der Waals surface area contributed by atoms with Crippen LogP contribution in [0.5, 0.6) is 17.4 Å². The molecule has 10 nitrogen and oxygen atoms in total. The third-order valence-electron chi connectivity index (χ3n) is 5.97. The highest BCUT2D eigenvalue weighted by Gasteiger charge is 2.37. The largest absolute Gasteiger partial charge is 0.486 e. The van der Waals surface area contributed by atoms with Crippen LogP contribution in [0.25, 0.3) is 11.0 Å². The molecule has 4 heterocycles. The summed E-state index contributed by atoms with van der Waals surface area (Å²) in [6.45, 7) is 1.68. The number of amides is 1. The number of rotatable bonds is 8. The molecule has 0 saturated carbocycles. The number of methoxy groups -OCH3 is 1. The van der Waals surface area contributed by atoms with E-state index in [4.69, 9.17) is 18.9 Å². The Morgan fingerprint density at radius 1 is 1.26 bits per heavy atom. The second-order valence-electron chi connectivity index (χ2n) is 8.20. The quantitative estimate of drug-likeness (QED) is 0.465. The summed E-state index contributed by atoms with van der Waals surface area (Å²) in [4.78, 5) is 22.3. The maximum Gasteiger partial charge on any atom is 0.414 e. The van der Waals surface area contributed by atoms with Crippen LogP contribution in [0.3, 0.4) is 0 Å². The van der Waals surface area contributed by atoms with Gasteiger partial charge in [-0.15, -0.1) is 0 Å². The van der Waals surface area contributed by atoms with Gasteiger partial charge in [-0.1, -0.05) is 0 Å². The molecule has 2 N–H and O–H groups in total. The Morgan fingerprint density at radius 2 is 2.09 bits per heavy atom. The van der Waals surface area contributed by atoms with Gasteiger partial charge in [0.05, 0.1) is 37.2 Å². The molecule has 1 unspecified atom stereocenters. The van der Waals surface area contributed by atoms with Gasteiger partial charge in [0.25, 0.3) is 0 Å². The number of fused-ring (bicyclic) bond motifs is 2. The van der Waals surface area contributed by atoms with Crippen LogP contribution in [0.1, 0.15) is 12.0 Å². The molecule has 1 aromatic carbocycles. The van der Waals surface area contributed by atoms with Gasteiger partial charge >= 0.3 is 6.09 Å². The van der Waals surface area contributed by atoms with Gasteiger partial charge in [0.15, 0.2) is 11.5 Å². The highest BCUT2D eigenvalue weighted by molar-refractivity contribution is 5.90. The number of carbonyl (C=O) groups is 1. The van der Waals surface area contributed by atoms with Crippen molar-refractivity contribution in [1.29, 1.82) is 0 Å². The summed E-state index contributed by atoms with van der Waals surface area (Å²) in [5, 5.41) is 13.7. The minimum atomic E-state index is -0.897. The molecule has 2 atom stereocenters. The molecule has 0 bridgehead atoms. The van der Waals surface area contributed by atoms with Crippen molar-refractivity contribution < 1.29 is 33.2 Å². The normalized spacial score (nSPS) is 18.0. The average Bonchev–Trinajstić information content (AvgIpc) is 3.28. The summed E-state index contributed by atoms with van der Waals surface area (Å²) in [7, 11) is 1.49. The molecule has 2 aliphatic heterocycles. The average molecular weight is 484 g/mol. The predicted octanol–water partition coefficient (Wildman–Crippen LogP) is 2.41. The van der Waals surface area contributed by atoms with Crippen LogP contribution < -0.4 is 24.4 Å². The lowest BCUT2D eigenvalue weighted by Gasteiger charge is -2.21. The number of carbonyl (C=O) groups excluding carboxylic acids is 1. The first kappa shape index (κ1) is 23.1. The number of nitrogens with one attached hydrogen (secondary N) is 1. The molecule has 184 valence electrons. The maximum absolute atomic E-state index is 14.4. The van der Waals surface area contributed by atoms with Crippen LogP contribution in [0.15, 0.2) is 36.5 Å². The van der Waals surface area contributed by atoms with E-state index in [1.807, 2.05) is 0 Å². The monoisotopic (exact) mass is 484 g/mol. The van der Waals surface area contributed by atoms with E-state index >= 15 is 0 Å². The highest BCUT2D eigenvalue weighted by atomic mass is 19.1. The van der Waals surface area contributed by atoms with E-state index in [1.165, 1.54) is 12.0 Å². The molecule has 5 rings (SSSR count). The molecule has 1 fully saturated rings. The lowest BCUT2D eigenvalue weighted by atomic mass is 10.1. The summed E-state index contributed by atoms with van der Waals surface area (Å²) < 4.78 is 36.1. The number of anilines is 1. The van der Waals surface area contributed by atoms with Crippen molar-refractivity contribution in [3.05, 3.63) is 47.9 Å². The Morgan fingerprint density at radius 3 is 2.91 bits per heavy atom. The number of cyclic esters (lactones) is 1. The lowest BCUT2D eigenvalue weighted by molar-refractivity contribution is 0.0282. The van der Waals surface area contributed by atoms with E-state index < -0.39 is 24.1 Å². The lowest BCUT2D eigenvalue weighted by Crippen LogP contribution is -2.33. The minimum absolute atomic E-state index is 0.186. The zero-order valence-corrected chi connectivity index (χ0v) is 19.1. The number of aliphatic hydroxyl groups is 1. The molecule has 11 heteroatoms. The van der Waals surface area contributed by atoms with Crippen molar-refractivity contribution in [2.45, 2.75) is 25.2 Å². The van der Waals surface area contributed by atoms with E-state index in [0.717, 1.165) is 6.20 Å². The van der Waals surface area contributed by atoms with Gasteiger partial charge in [-0.05, 0) is 31.2 Å². The van der Waals surface area contributed by atoms with Crippen LogP contribution in [0, 0.1) is 5.82 Å². The number of aromatic nitrogens is 2. The predicted molar refractivity (Wildman–Crippen MR) is 123 cm³/mol. The number of nitrogens with zero attached hydrogens (tertiary/aromatic N) is 3. The smallest absolute Gasteiger partial charge is 0.414 e. The molecule has 0 spiro atoms. The van der Waals surface area contributed by atoms with Crippen LogP contribution in [0.4, 0.5) is 14.9 Å². The molecule has 2 aliphatic rings. The first-order chi connectivity index (χ1) is 17.0. The van der Waals surface area contributed by atoms with E-state index in [-0.39, 0.29) is 13.1 Å². The summed E-state index contributed by atoms with van der Waals surface area (Å²) in [6, 6.07) is 8.61. The van der Waals surface area contributed by atoms with Crippen LogP contribution in [-0.2, 0) is 11.3 Å². The summed E-state index contributed by atoms with van der Waals surface area (Å²) in [6.07, 6.45) is -0.668. The number of halogens is 1. The van der Waals surface area contributed by atoms with Crippen molar-refractivity contribution in [3.8, 4) is 17.4 Å². The molecule has 0 radical (unpaired) electrons. The fraction of sp³-hybridized carbons (Fsp3) is 0.375. The second-order valence-corrected chi connectivity index (χ2v) is 8.20. The van der Waals surface area contributed by atoms with Gasteiger partial charge in [-0.25, -0.2) is 14.2 Å². The Labute approximate surface area is 200 Å². The zero-order chi connectivity index (χ0) is 24.4. The maximum atomic E-state index is 14.4. The van der Waals surface area contributed by atoms with Gasteiger partial charge in [0.1, 0.15) is 30.7 Å². The van der Waals surface area contributed by atoms with Crippen molar-refractivity contribution in [2.24, 2.45) is 0 Å². The van der Waals surface area contributed by atoms with Crippen molar-refractivity contribution in [1.82, 2.24) is 15.3 Å². The van der Waals surface area contributed by atoms with E-state index in [9.17, 15) is 14.3 Å². The standard InChI is InChI=1S/C24H25FN4O6/c1-32-22-5-3-17-23(28-22)15(16(25)12-27-17)11-26-7-6-18(30)21-13-29(24(31)35-21)14-2-4-19-20(10-14)34-9-8-33-19/h2-5,10,12,18,21,26,30H,6-9,11,13H2,1H3/t18-,21?/m0/s1. The van der Waals surface area contributed by atoms with Gasteiger partial charge < -0.3 is 29.4 Å².